The Balaban J connectivity index is 1.58. The molecule has 0 saturated carbocycles. The monoisotopic (exact) mass is 661 g/mol. The SMILES string of the molecule is CCOC(=O)C1=C(O)/C(=C/c2ccc(OCc3ccc(Br)cc3)c(I)c2)SC1=Nc1ccccc1. The number of ether oxygens (including phenoxy) is 2. The van der Waals surface area contributed by atoms with E-state index in [1.54, 1.807) is 6.92 Å². The molecule has 1 N–H and O–H groups in total. The summed E-state index contributed by atoms with van der Waals surface area (Å²) >= 11 is 6.91. The highest BCUT2D eigenvalue weighted by Gasteiger charge is 2.33. The topological polar surface area (TPSA) is 68.1 Å². The van der Waals surface area contributed by atoms with Gasteiger partial charge in [0.15, 0.2) is 0 Å². The first-order valence-corrected chi connectivity index (χ1v) is 13.4. The molecule has 0 aliphatic carbocycles. The van der Waals surface area contributed by atoms with Gasteiger partial charge in [0.2, 0.25) is 0 Å². The summed E-state index contributed by atoms with van der Waals surface area (Å²) in [6.45, 7) is 2.40. The molecule has 0 spiro atoms. The van der Waals surface area contributed by atoms with Crippen molar-refractivity contribution in [3.05, 3.63) is 108 Å². The summed E-state index contributed by atoms with van der Waals surface area (Å²) in [6.07, 6.45) is 1.83. The summed E-state index contributed by atoms with van der Waals surface area (Å²) in [5.41, 5.74) is 2.71. The predicted molar refractivity (Wildman–Crippen MR) is 153 cm³/mol. The van der Waals surface area contributed by atoms with Crippen molar-refractivity contribution in [3.63, 3.8) is 0 Å². The number of carbonyl (C=O) groups is 1. The van der Waals surface area contributed by atoms with Crippen molar-refractivity contribution in [1.82, 2.24) is 0 Å². The summed E-state index contributed by atoms with van der Waals surface area (Å²) in [6, 6.07) is 23.1. The molecule has 0 atom stereocenters. The van der Waals surface area contributed by atoms with Gasteiger partial charge in [0.25, 0.3) is 0 Å². The number of benzene rings is 3. The Morgan fingerprint density at radius 2 is 1.86 bits per heavy atom. The summed E-state index contributed by atoms with van der Waals surface area (Å²) < 4.78 is 13.1. The largest absolute Gasteiger partial charge is 0.506 e. The normalized spacial score (nSPS) is 15.6. The zero-order valence-electron chi connectivity index (χ0n) is 18.7. The van der Waals surface area contributed by atoms with Gasteiger partial charge in [-0.3, -0.25) is 0 Å². The molecule has 0 bridgehead atoms. The quantitative estimate of drug-likeness (QED) is 0.207. The average Bonchev–Trinajstić information content (AvgIpc) is 3.14. The highest BCUT2D eigenvalue weighted by Crippen LogP contribution is 2.40. The molecule has 0 fully saturated rings. The van der Waals surface area contributed by atoms with Crippen LogP contribution in [-0.2, 0) is 16.1 Å². The molecule has 5 nitrogen and oxygen atoms in total. The number of aliphatic hydroxyl groups is 1. The van der Waals surface area contributed by atoms with E-state index in [-0.39, 0.29) is 17.9 Å². The van der Waals surface area contributed by atoms with Gasteiger partial charge in [0.1, 0.15) is 28.7 Å². The maximum absolute atomic E-state index is 12.6. The fourth-order valence-corrected chi connectivity index (χ4v) is 5.22. The fraction of sp³-hybridized carbons (Fsp3) is 0.111. The van der Waals surface area contributed by atoms with Gasteiger partial charge in [0.05, 0.1) is 20.8 Å². The molecule has 1 heterocycles. The van der Waals surface area contributed by atoms with Crippen LogP contribution in [0, 0.1) is 3.57 Å². The number of thioether (sulfide) groups is 1. The molecule has 4 rings (SSSR count). The fourth-order valence-electron chi connectivity index (χ4n) is 3.23. The molecule has 3 aromatic carbocycles. The lowest BCUT2D eigenvalue weighted by molar-refractivity contribution is -0.138. The van der Waals surface area contributed by atoms with Crippen LogP contribution < -0.4 is 4.74 Å². The van der Waals surface area contributed by atoms with E-state index in [0.717, 1.165) is 24.9 Å². The number of aliphatic imine (C=N–C) groups is 1. The van der Waals surface area contributed by atoms with Gasteiger partial charge in [-0.15, -0.1) is 0 Å². The maximum atomic E-state index is 12.6. The van der Waals surface area contributed by atoms with Crippen LogP contribution in [0.15, 0.2) is 98.5 Å². The smallest absolute Gasteiger partial charge is 0.344 e. The number of para-hydroxylation sites is 1. The van der Waals surface area contributed by atoms with Crippen LogP contribution in [0.2, 0.25) is 0 Å². The third-order valence-electron chi connectivity index (χ3n) is 4.92. The lowest BCUT2D eigenvalue weighted by Crippen LogP contribution is -2.12. The Kier molecular flexibility index (Phi) is 8.69. The Hall–Kier alpha value is -2.56. The van der Waals surface area contributed by atoms with E-state index < -0.39 is 5.97 Å². The van der Waals surface area contributed by atoms with Crippen LogP contribution in [-0.4, -0.2) is 22.7 Å². The van der Waals surface area contributed by atoms with E-state index in [0.29, 0.717) is 22.2 Å². The first-order chi connectivity index (χ1) is 16.9. The van der Waals surface area contributed by atoms with E-state index in [1.165, 1.54) is 11.8 Å². The van der Waals surface area contributed by atoms with Crippen LogP contribution in [0.4, 0.5) is 5.69 Å². The van der Waals surface area contributed by atoms with Crippen LogP contribution in [0.5, 0.6) is 5.75 Å². The average molecular weight is 662 g/mol. The number of carbonyl (C=O) groups excluding carboxylic acids is 1. The van der Waals surface area contributed by atoms with E-state index in [4.69, 9.17) is 9.47 Å². The molecule has 0 aromatic heterocycles. The molecule has 0 unspecified atom stereocenters. The van der Waals surface area contributed by atoms with Crippen molar-refractivity contribution in [1.29, 1.82) is 0 Å². The van der Waals surface area contributed by atoms with Crippen LogP contribution in [0.25, 0.3) is 6.08 Å². The van der Waals surface area contributed by atoms with Gasteiger partial charge in [-0.25, -0.2) is 9.79 Å². The second-order valence-corrected chi connectivity index (χ2v) is 10.5. The van der Waals surface area contributed by atoms with Crippen LogP contribution in [0.3, 0.4) is 0 Å². The third-order valence-corrected chi connectivity index (χ3v) is 7.31. The number of esters is 1. The van der Waals surface area contributed by atoms with E-state index in [2.05, 4.69) is 43.5 Å². The first kappa shape index (κ1) is 25.5. The Bertz CT molecular complexity index is 1320. The number of halogens is 2. The molecule has 3 aromatic rings. The second-order valence-electron chi connectivity index (χ2n) is 7.41. The van der Waals surface area contributed by atoms with Crippen molar-refractivity contribution in [2.75, 3.05) is 6.61 Å². The Labute approximate surface area is 230 Å². The second kappa shape index (κ2) is 11.9. The van der Waals surface area contributed by atoms with E-state index >= 15 is 0 Å². The van der Waals surface area contributed by atoms with Crippen molar-refractivity contribution in [3.8, 4) is 5.75 Å². The number of hydrogen-bond donors (Lipinski definition) is 1. The standard InChI is InChI=1S/C27H21BrINO4S/c1-2-33-27(32)24-25(31)23(35-26(24)30-20-6-4-3-5-7-20)15-18-10-13-22(21(29)14-18)34-16-17-8-11-19(28)12-9-17/h3-15,31H,2,16H2,1H3/b23-15-,30-26?. The molecule has 0 amide bonds. The summed E-state index contributed by atoms with van der Waals surface area (Å²) in [5.74, 6) is 0.0450. The van der Waals surface area contributed by atoms with Crippen LogP contribution >= 0.6 is 50.3 Å². The van der Waals surface area contributed by atoms with Gasteiger partial charge in [-0.2, -0.15) is 0 Å². The number of nitrogens with zero attached hydrogens (tertiary/aromatic N) is 1. The minimum absolute atomic E-state index is 0.0797. The maximum Gasteiger partial charge on any atom is 0.344 e. The van der Waals surface area contributed by atoms with Gasteiger partial charge in [0, 0.05) is 4.47 Å². The minimum Gasteiger partial charge on any atom is -0.506 e. The van der Waals surface area contributed by atoms with Crippen molar-refractivity contribution >= 4 is 73.1 Å². The third kappa shape index (κ3) is 6.56. The molecule has 0 radical (unpaired) electrons. The van der Waals surface area contributed by atoms with Crippen LogP contribution in [0.1, 0.15) is 18.1 Å². The first-order valence-electron chi connectivity index (χ1n) is 10.8. The molecule has 35 heavy (non-hydrogen) atoms. The number of hydrogen-bond acceptors (Lipinski definition) is 6. The lowest BCUT2D eigenvalue weighted by Gasteiger charge is -2.09. The molecule has 1 aliphatic heterocycles. The molecule has 1 aliphatic rings. The highest BCUT2D eigenvalue weighted by atomic mass is 127. The lowest BCUT2D eigenvalue weighted by atomic mass is 10.1. The summed E-state index contributed by atoms with van der Waals surface area (Å²) in [7, 11) is 0. The van der Waals surface area contributed by atoms with Gasteiger partial charge >= 0.3 is 5.97 Å². The summed E-state index contributed by atoms with van der Waals surface area (Å²) in [4.78, 5) is 17.7. The van der Waals surface area contributed by atoms with Gasteiger partial charge < -0.3 is 14.6 Å². The molecule has 0 saturated heterocycles. The Morgan fingerprint density at radius 3 is 2.54 bits per heavy atom. The van der Waals surface area contributed by atoms with Gasteiger partial charge in [-0.1, -0.05) is 64.1 Å². The molecular formula is C27H21BrINO4S. The van der Waals surface area contributed by atoms with E-state index in [9.17, 15) is 9.90 Å². The van der Waals surface area contributed by atoms with Gasteiger partial charge in [-0.05, 0) is 83.1 Å². The number of aliphatic hydroxyl groups excluding tert-OH is 1. The number of rotatable bonds is 7. The van der Waals surface area contributed by atoms with Crippen molar-refractivity contribution in [2.45, 2.75) is 13.5 Å². The molecule has 8 heteroatoms. The van der Waals surface area contributed by atoms with Crippen molar-refractivity contribution < 1.29 is 19.4 Å². The van der Waals surface area contributed by atoms with Crippen molar-refractivity contribution in [2.24, 2.45) is 4.99 Å². The Morgan fingerprint density at radius 1 is 1.11 bits per heavy atom. The zero-order chi connectivity index (χ0) is 24.8. The highest BCUT2D eigenvalue weighted by molar-refractivity contribution is 14.1. The zero-order valence-corrected chi connectivity index (χ0v) is 23.3. The summed E-state index contributed by atoms with van der Waals surface area (Å²) in [5, 5.41) is 11.3. The molecular weight excluding hydrogens is 641 g/mol. The minimum atomic E-state index is -0.596. The predicted octanol–water partition coefficient (Wildman–Crippen LogP) is 7.83. The van der Waals surface area contributed by atoms with E-state index in [1.807, 2.05) is 78.9 Å². The molecule has 178 valence electrons.